The van der Waals surface area contributed by atoms with Gasteiger partial charge in [0.2, 0.25) is 5.91 Å². The van der Waals surface area contributed by atoms with Gasteiger partial charge < -0.3 is 15.5 Å². The Morgan fingerprint density at radius 1 is 0.339 bits per heavy atom. The summed E-state index contributed by atoms with van der Waals surface area (Å²) in [5.41, 5.74) is 0. The standard InChI is InChI=1S/C55H111NO3/c1-3-5-7-9-11-13-15-17-19-21-22-23-24-25-26-27-28-29-30-31-32-33-34-35-37-39-41-43-45-47-49-51-55(59)56-53(52-57)54(58)50-48-46-44-42-40-38-36-20-18-16-14-12-10-8-6-4-2/h53-54,57-58H,3-52H2,1-2H3,(H,56,59)/t53-,54+/m0/s1. The van der Waals surface area contributed by atoms with Gasteiger partial charge in [0.1, 0.15) is 0 Å². The third-order valence-electron chi connectivity index (χ3n) is 13.4. The highest BCUT2D eigenvalue weighted by molar-refractivity contribution is 5.76. The van der Waals surface area contributed by atoms with Crippen LogP contribution in [-0.4, -0.2) is 34.9 Å². The largest absolute Gasteiger partial charge is 0.394 e. The summed E-state index contributed by atoms with van der Waals surface area (Å²) in [6.07, 6.45) is 65.2. The first-order valence-corrected chi connectivity index (χ1v) is 27.7. The summed E-state index contributed by atoms with van der Waals surface area (Å²) >= 11 is 0. The van der Waals surface area contributed by atoms with Gasteiger partial charge in [0.05, 0.1) is 18.8 Å². The molecule has 0 heterocycles. The third kappa shape index (κ3) is 48.3. The van der Waals surface area contributed by atoms with Gasteiger partial charge in [-0.15, -0.1) is 0 Å². The van der Waals surface area contributed by atoms with Gasteiger partial charge in [0.25, 0.3) is 0 Å². The molecule has 0 aromatic carbocycles. The molecule has 0 fully saturated rings. The predicted octanol–water partition coefficient (Wildman–Crippen LogP) is 18.0. The number of nitrogens with one attached hydrogen (secondary N) is 1. The summed E-state index contributed by atoms with van der Waals surface area (Å²) in [4.78, 5) is 12.5. The van der Waals surface area contributed by atoms with Crippen LogP contribution < -0.4 is 5.32 Å². The molecular weight excluding hydrogens is 723 g/mol. The van der Waals surface area contributed by atoms with E-state index in [0.29, 0.717) is 12.8 Å². The first-order chi connectivity index (χ1) is 29.2. The summed E-state index contributed by atoms with van der Waals surface area (Å²) in [6.45, 7) is 4.40. The summed E-state index contributed by atoms with van der Waals surface area (Å²) in [5.74, 6) is -0.0227. The Balaban J connectivity index is 3.37. The fraction of sp³-hybridized carbons (Fsp3) is 0.982. The molecule has 0 aliphatic heterocycles. The molecule has 0 radical (unpaired) electrons. The van der Waals surface area contributed by atoms with Crippen LogP contribution >= 0.6 is 0 Å². The smallest absolute Gasteiger partial charge is 0.220 e. The molecule has 354 valence electrons. The molecule has 0 rings (SSSR count). The Hall–Kier alpha value is -0.610. The number of hydrogen-bond donors (Lipinski definition) is 3. The van der Waals surface area contributed by atoms with Gasteiger partial charge in [-0.05, 0) is 12.8 Å². The van der Waals surface area contributed by atoms with E-state index in [4.69, 9.17) is 0 Å². The van der Waals surface area contributed by atoms with Gasteiger partial charge in [-0.3, -0.25) is 4.79 Å². The van der Waals surface area contributed by atoms with Crippen LogP contribution in [0.1, 0.15) is 328 Å². The number of amides is 1. The summed E-state index contributed by atoms with van der Waals surface area (Å²) in [6, 6.07) is -0.530. The van der Waals surface area contributed by atoms with Crippen LogP contribution in [0, 0.1) is 0 Å². The molecule has 0 aliphatic rings. The Morgan fingerprint density at radius 3 is 0.763 bits per heavy atom. The van der Waals surface area contributed by atoms with Gasteiger partial charge in [0, 0.05) is 6.42 Å². The lowest BCUT2D eigenvalue weighted by molar-refractivity contribution is -0.123. The highest BCUT2D eigenvalue weighted by atomic mass is 16.3. The molecule has 0 aliphatic carbocycles. The molecule has 0 saturated heterocycles. The van der Waals surface area contributed by atoms with Crippen LogP contribution in [0.3, 0.4) is 0 Å². The summed E-state index contributed by atoms with van der Waals surface area (Å²) < 4.78 is 0. The highest BCUT2D eigenvalue weighted by Crippen LogP contribution is 2.18. The molecule has 0 spiro atoms. The molecule has 4 nitrogen and oxygen atoms in total. The van der Waals surface area contributed by atoms with Crippen molar-refractivity contribution in [2.45, 2.75) is 341 Å². The van der Waals surface area contributed by atoms with E-state index in [0.717, 1.165) is 25.7 Å². The van der Waals surface area contributed by atoms with Crippen molar-refractivity contribution in [1.29, 1.82) is 0 Å². The molecule has 1 amide bonds. The molecule has 3 N–H and O–H groups in total. The SMILES string of the molecule is CCCCCCCCCCCCCCCCCCCCCCCCCCCCCCCCCC(=O)N[C@@H](CO)[C@H](O)CCCCCCCCCCCCCCCCCC. The van der Waals surface area contributed by atoms with E-state index in [2.05, 4.69) is 19.2 Å². The zero-order chi connectivity index (χ0) is 42.8. The number of aliphatic hydroxyl groups excluding tert-OH is 2. The maximum absolute atomic E-state index is 12.5. The average Bonchev–Trinajstić information content (AvgIpc) is 3.24. The second kappa shape index (κ2) is 51.7. The van der Waals surface area contributed by atoms with E-state index in [1.165, 1.54) is 276 Å². The van der Waals surface area contributed by atoms with Gasteiger partial charge >= 0.3 is 0 Å². The Kier molecular flexibility index (Phi) is 51.2. The van der Waals surface area contributed by atoms with Crippen molar-refractivity contribution in [2.75, 3.05) is 6.61 Å². The summed E-state index contributed by atoms with van der Waals surface area (Å²) in [7, 11) is 0. The van der Waals surface area contributed by atoms with Crippen LogP contribution in [0.25, 0.3) is 0 Å². The molecule has 0 aromatic rings. The van der Waals surface area contributed by atoms with Gasteiger partial charge in [0.15, 0.2) is 0 Å². The molecule has 4 heteroatoms. The minimum absolute atomic E-state index is 0.0227. The van der Waals surface area contributed by atoms with Crippen molar-refractivity contribution in [2.24, 2.45) is 0 Å². The lowest BCUT2D eigenvalue weighted by Crippen LogP contribution is -2.45. The van der Waals surface area contributed by atoms with E-state index in [9.17, 15) is 15.0 Å². The van der Waals surface area contributed by atoms with Crippen LogP contribution in [0.2, 0.25) is 0 Å². The third-order valence-corrected chi connectivity index (χ3v) is 13.4. The lowest BCUT2D eigenvalue weighted by Gasteiger charge is -2.22. The predicted molar refractivity (Wildman–Crippen MR) is 263 cm³/mol. The number of carbonyl (C=O) groups excluding carboxylic acids is 1. The van der Waals surface area contributed by atoms with E-state index < -0.39 is 12.1 Å². The molecule has 0 bridgehead atoms. The maximum atomic E-state index is 12.5. The van der Waals surface area contributed by atoms with Crippen molar-refractivity contribution in [3.05, 3.63) is 0 Å². The fourth-order valence-corrected chi connectivity index (χ4v) is 9.13. The maximum Gasteiger partial charge on any atom is 0.220 e. The van der Waals surface area contributed by atoms with Crippen molar-refractivity contribution < 1.29 is 15.0 Å². The van der Waals surface area contributed by atoms with Gasteiger partial charge in [-0.1, -0.05) is 309 Å². The number of aliphatic hydroxyl groups is 2. The molecule has 2 atom stereocenters. The fourth-order valence-electron chi connectivity index (χ4n) is 9.13. The van der Waals surface area contributed by atoms with Crippen LogP contribution in [0.4, 0.5) is 0 Å². The average molecular weight is 834 g/mol. The first-order valence-electron chi connectivity index (χ1n) is 27.7. The molecular formula is C55H111NO3. The van der Waals surface area contributed by atoms with Crippen molar-refractivity contribution in [3.63, 3.8) is 0 Å². The Labute approximate surface area is 372 Å². The summed E-state index contributed by atoms with van der Waals surface area (Å²) in [5, 5.41) is 23.3. The normalized spacial score (nSPS) is 12.7. The second-order valence-electron chi connectivity index (χ2n) is 19.4. The zero-order valence-electron chi connectivity index (χ0n) is 40.8. The van der Waals surface area contributed by atoms with E-state index in [1.54, 1.807) is 0 Å². The first kappa shape index (κ1) is 58.4. The lowest BCUT2D eigenvalue weighted by atomic mass is 10.0. The van der Waals surface area contributed by atoms with Crippen LogP contribution in [0.15, 0.2) is 0 Å². The molecule has 0 aromatic heterocycles. The Morgan fingerprint density at radius 2 is 0.542 bits per heavy atom. The van der Waals surface area contributed by atoms with Crippen molar-refractivity contribution >= 4 is 5.91 Å². The zero-order valence-corrected chi connectivity index (χ0v) is 40.8. The van der Waals surface area contributed by atoms with Crippen LogP contribution in [-0.2, 0) is 4.79 Å². The molecule has 0 saturated carbocycles. The minimum atomic E-state index is -0.654. The van der Waals surface area contributed by atoms with Crippen LogP contribution in [0.5, 0.6) is 0 Å². The van der Waals surface area contributed by atoms with E-state index >= 15 is 0 Å². The van der Waals surface area contributed by atoms with Gasteiger partial charge in [-0.2, -0.15) is 0 Å². The monoisotopic (exact) mass is 834 g/mol. The molecule has 0 unspecified atom stereocenters. The Bertz CT molecular complexity index is 773. The van der Waals surface area contributed by atoms with Gasteiger partial charge in [-0.25, -0.2) is 0 Å². The van der Waals surface area contributed by atoms with Crippen molar-refractivity contribution in [3.8, 4) is 0 Å². The molecule has 59 heavy (non-hydrogen) atoms. The highest BCUT2D eigenvalue weighted by Gasteiger charge is 2.20. The number of unbranched alkanes of at least 4 members (excludes halogenated alkanes) is 45. The van der Waals surface area contributed by atoms with E-state index in [1.807, 2.05) is 0 Å². The second-order valence-corrected chi connectivity index (χ2v) is 19.4. The number of hydrogen-bond acceptors (Lipinski definition) is 3. The quantitative estimate of drug-likeness (QED) is 0.0535. The number of carbonyl (C=O) groups is 1. The van der Waals surface area contributed by atoms with Crippen molar-refractivity contribution in [1.82, 2.24) is 5.32 Å². The number of rotatable bonds is 52. The minimum Gasteiger partial charge on any atom is -0.394 e. The van der Waals surface area contributed by atoms with E-state index in [-0.39, 0.29) is 12.5 Å². The topological polar surface area (TPSA) is 69.6 Å².